The lowest BCUT2D eigenvalue weighted by Crippen LogP contribution is -2.28. The maximum Gasteiger partial charge on any atom is 0.414 e. The predicted octanol–water partition coefficient (Wildman–Crippen LogP) is 3.10. The van der Waals surface area contributed by atoms with Crippen LogP contribution < -0.4 is 4.74 Å². The number of aliphatic carboxylic acids is 2. The Morgan fingerprint density at radius 1 is 1.04 bits per heavy atom. The Kier molecular flexibility index (Phi) is 8.43. The Hall–Kier alpha value is -2.60. The molecule has 6 heteroatoms. The topological polar surface area (TPSA) is 87.1 Å². The van der Waals surface area contributed by atoms with Gasteiger partial charge in [-0.1, -0.05) is 36.4 Å². The fourth-order valence-corrected chi connectivity index (χ4v) is 2.08. The highest BCUT2D eigenvalue weighted by molar-refractivity contribution is 6.27. The molecule has 0 saturated heterocycles. The second-order valence-corrected chi connectivity index (χ2v) is 5.86. The van der Waals surface area contributed by atoms with Crippen molar-refractivity contribution in [3.63, 3.8) is 0 Å². The van der Waals surface area contributed by atoms with E-state index in [1.54, 1.807) is 0 Å². The fourth-order valence-electron chi connectivity index (χ4n) is 2.08. The van der Waals surface area contributed by atoms with Crippen LogP contribution in [0.2, 0.25) is 0 Å². The van der Waals surface area contributed by atoms with Crippen molar-refractivity contribution in [1.29, 1.82) is 0 Å². The van der Waals surface area contributed by atoms with Gasteiger partial charge in [0, 0.05) is 18.0 Å². The van der Waals surface area contributed by atoms with E-state index in [-0.39, 0.29) is 0 Å². The minimum Gasteiger partial charge on any atom is -0.493 e. The van der Waals surface area contributed by atoms with E-state index in [4.69, 9.17) is 24.5 Å². The Morgan fingerprint density at radius 2 is 1.64 bits per heavy atom. The van der Waals surface area contributed by atoms with Crippen molar-refractivity contribution in [2.24, 2.45) is 0 Å². The van der Waals surface area contributed by atoms with Gasteiger partial charge in [-0.15, -0.1) is 0 Å². The van der Waals surface area contributed by atoms with Gasteiger partial charge in [0.15, 0.2) is 0 Å². The maximum atomic E-state index is 9.10. The van der Waals surface area contributed by atoms with E-state index >= 15 is 0 Å². The summed E-state index contributed by atoms with van der Waals surface area (Å²) < 4.78 is 5.92. The molecule has 0 unspecified atom stereocenters. The van der Waals surface area contributed by atoms with Gasteiger partial charge in [0.05, 0.1) is 6.61 Å². The van der Waals surface area contributed by atoms with Gasteiger partial charge in [-0.05, 0) is 38.8 Å². The molecule has 0 aliphatic rings. The fraction of sp³-hybridized carbons (Fsp3) is 0.368. The van der Waals surface area contributed by atoms with E-state index in [9.17, 15) is 0 Å². The van der Waals surface area contributed by atoms with Crippen molar-refractivity contribution in [3.05, 3.63) is 42.5 Å². The normalized spacial score (nSPS) is 10.4. The number of benzene rings is 2. The first-order chi connectivity index (χ1) is 11.8. The summed E-state index contributed by atoms with van der Waals surface area (Å²) in [5, 5.41) is 17.2. The van der Waals surface area contributed by atoms with E-state index in [1.807, 2.05) is 0 Å². The van der Waals surface area contributed by atoms with Gasteiger partial charge < -0.3 is 19.8 Å². The third-order valence-corrected chi connectivity index (χ3v) is 3.73. The molecule has 0 atom stereocenters. The molecule has 0 spiro atoms. The van der Waals surface area contributed by atoms with Crippen molar-refractivity contribution in [2.45, 2.75) is 26.3 Å². The highest BCUT2D eigenvalue weighted by Crippen LogP contribution is 2.25. The van der Waals surface area contributed by atoms with Crippen LogP contribution in [0.15, 0.2) is 42.5 Å². The van der Waals surface area contributed by atoms with E-state index in [0.717, 1.165) is 25.3 Å². The largest absolute Gasteiger partial charge is 0.493 e. The Morgan fingerprint density at radius 3 is 2.24 bits per heavy atom. The second-order valence-electron chi connectivity index (χ2n) is 5.86. The van der Waals surface area contributed by atoms with Gasteiger partial charge in [0.1, 0.15) is 5.75 Å². The molecule has 2 N–H and O–H groups in total. The lowest BCUT2D eigenvalue weighted by molar-refractivity contribution is -0.159. The highest BCUT2D eigenvalue weighted by atomic mass is 16.5. The molecule has 0 aliphatic heterocycles. The molecule has 2 aromatic carbocycles. The first-order valence-electron chi connectivity index (χ1n) is 8.10. The number of carboxylic acids is 2. The minimum atomic E-state index is -1.82. The van der Waals surface area contributed by atoms with Crippen LogP contribution in [0.5, 0.6) is 5.75 Å². The maximum absolute atomic E-state index is 9.10. The SMILES string of the molecule is CC(C)N(C)CCCOc1cccc2ccccc12.O=C(O)C(=O)O. The average molecular weight is 347 g/mol. The van der Waals surface area contributed by atoms with E-state index in [2.05, 4.69) is 68.3 Å². The number of hydrogen-bond donors (Lipinski definition) is 2. The first kappa shape index (κ1) is 20.4. The molecular weight excluding hydrogens is 322 g/mol. The molecule has 0 saturated carbocycles. The Bertz CT molecular complexity index is 682. The summed E-state index contributed by atoms with van der Waals surface area (Å²) in [6.45, 7) is 6.27. The third-order valence-electron chi connectivity index (χ3n) is 3.73. The monoisotopic (exact) mass is 347 g/mol. The molecular formula is C19H25NO5. The van der Waals surface area contributed by atoms with E-state index in [0.29, 0.717) is 6.04 Å². The van der Waals surface area contributed by atoms with Crippen molar-refractivity contribution in [3.8, 4) is 5.75 Å². The Balaban J connectivity index is 0.000000450. The number of carboxylic acid groups (broad SMARTS) is 2. The molecule has 2 aromatic rings. The molecule has 0 bridgehead atoms. The number of carbonyl (C=O) groups is 2. The zero-order chi connectivity index (χ0) is 18.8. The zero-order valence-electron chi connectivity index (χ0n) is 14.8. The first-order valence-corrected chi connectivity index (χ1v) is 8.10. The van der Waals surface area contributed by atoms with Crippen molar-refractivity contribution in [1.82, 2.24) is 4.90 Å². The highest BCUT2D eigenvalue weighted by Gasteiger charge is 2.04. The summed E-state index contributed by atoms with van der Waals surface area (Å²) in [5.74, 6) is -2.66. The molecule has 25 heavy (non-hydrogen) atoms. The molecule has 0 aliphatic carbocycles. The second kappa shape index (κ2) is 10.3. The molecule has 0 aromatic heterocycles. The zero-order valence-corrected chi connectivity index (χ0v) is 14.8. The smallest absolute Gasteiger partial charge is 0.414 e. The standard InChI is InChI=1S/C17H23NO.C2H2O4/c1-14(2)18(3)12-7-13-19-17-11-6-9-15-8-4-5-10-16(15)17;3-1(4)2(5)6/h4-6,8-11,14H,7,12-13H2,1-3H3;(H,3,4)(H,5,6). The summed E-state index contributed by atoms with van der Waals surface area (Å²) in [4.78, 5) is 20.5. The number of hydrogen-bond acceptors (Lipinski definition) is 4. The van der Waals surface area contributed by atoms with Crippen molar-refractivity contribution in [2.75, 3.05) is 20.2 Å². The Labute approximate surface area is 147 Å². The molecule has 0 amide bonds. The molecule has 0 heterocycles. The van der Waals surface area contributed by atoms with Gasteiger partial charge in [0.2, 0.25) is 0 Å². The van der Waals surface area contributed by atoms with Gasteiger partial charge in [-0.2, -0.15) is 0 Å². The summed E-state index contributed by atoms with van der Waals surface area (Å²) in [7, 11) is 2.16. The lowest BCUT2D eigenvalue weighted by Gasteiger charge is -2.20. The molecule has 0 fully saturated rings. The quantitative estimate of drug-likeness (QED) is 0.617. The summed E-state index contributed by atoms with van der Waals surface area (Å²) in [6.07, 6.45) is 1.05. The van der Waals surface area contributed by atoms with Gasteiger partial charge in [-0.25, -0.2) is 9.59 Å². The molecule has 0 radical (unpaired) electrons. The van der Waals surface area contributed by atoms with Gasteiger partial charge >= 0.3 is 11.9 Å². The van der Waals surface area contributed by atoms with Crippen molar-refractivity contribution >= 4 is 22.7 Å². The van der Waals surface area contributed by atoms with E-state index < -0.39 is 11.9 Å². The van der Waals surface area contributed by atoms with Gasteiger partial charge in [-0.3, -0.25) is 0 Å². The summed E-state index contributed by atoms with van der Waals surface area (Å²) in [5.41, 5.74) is 0. The molecule has 6 nitrogen and oxygen atoms in total. The molecule has 2 rings (SSSR count). The van der Waals surface area contributed by atoms with Crippen LogP contribution in [0, 0.1) is 0 Å². The summed E-state index contributed by atoms with van der Waals surface area (Å²) >= 11 is 0. The summed E-state index contributed by atoms with van der Waals surface area (Å²) in [6, 6.07) is 15.2. The van der Waals surface area contributed by atoms with Crippen molar-refractivity contribution < 1.29 is 24.5 Å². The molecule has 136 valence electrons. The van der Waals surface area contributed by atoms with Crippen LogP contribution in [-0.4, -0.2) is 53.3 Å². The lowest BCUT2D eigenvalue weighted by atomic mass is 10.1. The number of rotatable bonds is 6. The van der Waals surface area contributed by atoms with Crippen LogP contribution >= 0.6 is 0 Å². The van der Waals surface area contributed by atoms with Crippen LogP contribution in [0.3, 0.4) is 0 Å². The number of nitrogens with zero attached hydrogens (tertiary/aromatic N) is 1. The predicted molar refractivity (Wildman–Crippen MR) is 97.1 cm³/mol. The van der Waals surface area contributed by atoms with E-state index in [1.165, 1.54) is 10.8 Å². The van der Waals surface area contributed by atoms with Crippen LogP contribution in [0.4, 0.5) is 0 Å². The van der Waals surface area contributed by atoms with Crippen LogP contribution in [0.25, 0.3) is 10.8 Å². The third kappa shape index (κ3) is 7.22. The average Bonchev–Trinajstić information content (AvgIpc) is 2.59. The minimum absolute atomic E-state index is 0.595. The van der Waals surface area contributed by atoms with Gasteiger partial charge in [0.25, 0.3) is 0 Å². The number of fused-ring (bicyclic) bond motifs is 1. The van der Waals surface area contributed by atoms with Crippen LogP contribution in [0.1, 0.15) is 20.3 Å². The number of ether oxygens (including phenoxy) is 1. The van der Waals surface area contributed by atoms with Crippen LogP contribution in [-0.2, 0) is 9.59 Å².